The molecule has 1 aliphatic rings. The van der Waals surface area contributed by atoms with E-state index in [1.807, 2.05) is 25.1 Å². The summed E-state index contributed by atoms with van der Waals surface area (Å²) >= 11 is 5.99. The van der Waals surface area contributed by atoms with Crippen molar-refractivity contribution < 1.29 is 18.7 Å². The molecule has 1 amide bonds. The van der Waals surface area contributed by atoms with E-state index in [1.54, 1.807) is 18.4 Å². The maximum absolute atomic E-state index is 12.2. The molecule has 2 aromatic rings. The highest BCUT2D eigenvalue weighted by Crippen LogP contribution is 2.22. The highest BCUT2D eigenvalue weighted by atomic mass is 35.5. The Kier molecular flexibility index (Phi) is 8.44. The van der Waals surface area contributed by atoms with E-state index >= 15 is 0 Å². The first-order valence-electron chi connectivity index (χ1n) is 8.64. The van der Waals surface area contributed by atoms with E-state index in [2.05, 4.69) is 10.2 Å². The van der Waals surface area contributed by atoms with Crippen molar-refractivity contribution >= 4 is 29.9 Å². The number of benzene rings is 1. The quantitative estimate of drug-likeness (QED) is 0.753. The number of amides is 1. The van der Waals surface area contributed by atoms with Crippen LogP contribution in [-0.2, 0) is 9.53 Å². The second-order valence-corrected chi connectivity index (χ2v) is 6.59. The molecule has 0 aliphatic carbocycles. The first kappa shape index (κ1) is 21.6. The summed E-state index contributed by atoms with van der Waals surface area (Å²) in [6.45, 7) is 5.29. The summed E-state index contributed by atoms with van der Waals surface area (Å²) in [4.78, 5) is 14.4. The summed E-state index contributed by atoms with van der Waals surface area (Å²) in [5.74, 6) is 1.28. The van der Waals surface area contributed by atoms with Crippen LogP contribution in [0.4, 0.5) is 0 Å². The molecule has 3 rings (SSSR count). The largest absolute Gasteiger partial charge is 0.484 e. The van der Waals surface area contributed by atoms with Gasteiger partial charge in [-0.05, 0) is 42.8 Å². The van der Waals surface area contributed by atoms with Crippen LogP contribution in [-0.4, -0.2) is 50.3 Å². The van der Waals surface area contributed by atoms with E-state index in [0.717, 1.165) is 24.4 Å². The molecular formula is C19H24Cl2N2O4. The van der Waals surface area contributed by atoms with Crippen molar-refractivity contribution in [2.45, 2.75) is 13.0 Å². The lowest BCUT2D eigenvalue weighted by atomic mass is 10.1. The molecule has 148 valence electrons. The number of carbonyl (C=O) groups excluding carboxylic acids is 1. The van der Waals surface area contributed by atoms with Crippen LogP contribution in [0, 0.1) is 6.92 Å². The van der Waals surface area contributed by atoms with Gasteiger partial charge in [0.1, 0.15) is 11.5 Å². The summed E-state index contributed by atoms with van der Waals surface area (Å²) in [7, 11) is 0. The third kappa shape index (κ3) is 6.14. The molecule has 1 N–H and O–H groups in total. The fourth-order valence-electron chi connectivity index (χ4n) is 2.90. The van der Waals surface area contributed by atoms with Crippen LogP contribution in [0.25, 0.3) is 0 Å². The maximum atomic E-state index is 12.2. The van der Waals surface area contributed by atoms with Gasteiger partial charge < -0.3 is 19.2 Å². The van der Waals surface area contributed by atoms with Gasteiger partial charge in [-0.15, -0.1) is 12.4 Å². The third-order valence-corrected chi connectivity index (χ3v) is 4.77. The van der Waals surface area contributed by atoms with Gasteiger partial charge in [0.05, 0.1) is 25.5 Å². The van der Waals surface area contributed by atoms with Crippen LogP contribution in [0.5, 0.6) is 5.75 Å². The molecular weight excluding hydrogens is 391 g/mol. The van der Waals surface area contributed by atoms with E-state index in [-0.39, 0.29) is 31.0 Å². The molecule has 0 saturated carbocycles. The molecule has 0 radical (unpaired) electrons. The van der Waals surface area contributed by atoms with Gasteiger partial charge in [0.25, 0.3) is 5.91 Å². The Morgan fingerprint density at radius 2 is 2.11 bits per heavy atom. The SMILES string of the molecule is Cc1cc(OCC(=O)NCC(c2ccco2)N2CCOCC2)ccc1Cl.Cl. The number of hydrogen-bond acceptors (Lipinski definition) is 5. The molecule has 1 aromatic carbocycles. The molecule has 0 spiro atoms. The standard InChI is InChI=1S/C19H23ClN2O4.ClH/c1-14-11-15(4-5-16(14)20)26-13-19(23)21-12-17(18-3-2-8-25-18)22-6-9-24-10-7-22;/h2-5,8,11,17H,6-7,9-10,12-13H2,1H3,(H,21,23);1H. The monoisotopic (exact) mass is 414 g/mol. The third-order valence-electron chi connectivity index (χ3n) is 4.35. The Morgan fingerprint density at radius 1 is 1.33 bits per heavy atom. The smallest absolute Gasteiger partial charge is 0.258 e. The van der Waals surface area contributed by atoms with Crippen LogP contribution in [0.1, 0.15) is 17.4 Å². The number of hydrogen-bond donors (Lipinski definition) is 1. The number of halogens is 2. The number of nitrogens with zero attached hydrogens (tertiary/aromatic N) is 1. The summed E-state index contributed by atoms with van der Waals surface area (Å²) < 4.78 is 16.5. The van der Waals surface area contributed by atoms with E-state index in [4.69, 9.17) is 25.5 Å². The summed E-state index contributed by atoms with van der Waals surface area (Å²) in [5, 5.41) is 3.61. The second kappa shape index (κ2) is 10.6. The number of nitrogens with one attached hydrogen (secondary N) is 1. The van der Waals surface area contributed by atoms with Gasteiger partial charge in [0.15, 0.2) is 6.61 Å². The van der Waals surface area contributed by atoms with Gasteiger partial charge in [-0.2, -0.15) is 0 Å². The Balaban J connectivity index is 0.00000261. The van der Waals surface area contributed by atoms with E-state index in [0.29, 0.717) is 30.5 Å². The van der Waals surface area contributed by atoms with E-state index in [1.165, 1.54) is 0 Å². The molecule has 8 heteroatoms. The molecule has 1 atom stereocenters. The number of aryl methyl sites for hydroxylation is 1. The highest BCUT2D eigenvalue weighted by Gasteiger charge is 2.25. The number of ether oxygens (including phenoxy) is 2. The predicted molar refractivity (Wildman–Crippen MR) is 106 cm³/mol. The lowest BCUT2D eigenvalue weighted by molar-refractivity contribution is -0.123. The van der Waals surface area contributed by atoms with Crippen molar-refractivity contribution in [2.75, 3.05) is 39.5 Å². The molecule has 6 nitrogen and oxygen atoms in total. The number of carbonyl (C=O) groups is 1. The first-order chi connectivity index (χ1) is 12.6. The highest BCUT2D eigenvalue weighted by molar-refractivity contribution is 6.31. The van der Waals surface area contributed by atoms with Crippen molar-refractivity contribution in [1.82, 2.24) is 10.2 Å². The van der Waals surface area contributed by atoms with E-state index in [9.17, 15) is 4.79 Å². The molecule has 1 aliphatic heterocycles. The van der Waals surface area contributed by atoms with Crippen LogP contribution in [0.2, 0.25) is 5.02 Å². The van der Waals surface area contributed by atoms with Gasteiger partial charge in [0.2, 0.25) is 0 Å². The maximum Gasteiger partial charge on any atom is 0.258 e. The normalized spacial score (nSPS) is 15.6. The van der Waals surface area contributed by atoms with Gasteiger partial charge in [-0.3, -0.25) is 9.69 Å². The van der Waals surface area contributed by atoms with Crippen LogP contribution >= 0.6 is 24.0 Å². The van der Waals surface area contributed by atoms with Crippen LogP contribution in [0.15, 0.2) is 41.0 Å². The molecule has 1 fully saturated rings. The zero-order valence-corrected chi connectivity index (χ0v) is 16.7. The van der Waals surface area contributed by atoms with Gasteiger partial charge in [-0.1, -0.05) is 11.6 Å². The Hall–Kier alpha value is -1.73. The second-order valence-electron chi connectivity index (χ2n) is 6.18. The fraction of sp³-hybridized carbons (Fsp3) is 0.421. The van der Waals surface area contributed by atoms with Crippen molar-refractivity contribution in [3.8, 4) is 5.75 Å². The van der Waals surface area contributed by atoms with Crippen LogP contribution in [0.3, 0.4) is 0 Å². The number of furan rings is 1. The van der Waals surface area contributed by atoms with Crippen LogP contribution < -0.4 is 10.1 Å². The topological polar surface area (TPSA) is 63.9 Å². The molecule has 1 aromatic heterocycles. The van der Waals surface area contributed by atoms with Gasteiger partial charge >= 0.3 is 0 Å². The fourth-order valence-corrected chi connectivity index (χ4v) is 3.01. The van der Waals surface area contributed by atoms with Crippen molar-refractivity contribution in [3.63, 3.8) is 0 Å². The van der Waals surface area contributed by atoms with Crippen molar-refractivity contribution in [3.05, 3.63) is 52.9 Å². The predicted octanol–water partition coefficient (Wildman–Crippen LogP) is 3.23. The summed E-state index contributed by atoms with van der Waals surface area (Å²) in [6.07, 6.45) is 1.65. The zero-order valence-electron chi connectivity index (χ0n) is 15.2. The number of rotatable bonds is 7. The Bertz CT molecular complexity index is 719. The summed E-state index contributed by atoms with van der Waals surface area (Å²) in [5.41, 5.74) is 0.912. The molecule has 27 heavy (non-hydrogen) atoms. The average Bonchev–Trinajstić information content (AvgIpc) is 3.18. The lowest BCUT2D eigenvalue weighted by Gasteiger charge is -2.33. The van der Waals surface area contributed by atoms with E-state index < -0.39 is 0 Å². The molecule has 1 unspecified atom stereocenters. The first-order valence-corrected chi connectivity index (χ1v) is 9.02. The minimum absolute atomic E-state index is 0. The average molecular weight is 415 g/mol. The van der Waals surface area contributed by atoms with Gasteiger partial charge in [0, 0.05) is 24.7 Å². The van der Waals surface area contributed by atoms with Crippen molar-refractivity contribution in [1.29, 1.82) is 0 Å². The molecule has 0 bridgehead atoms. The van der Waals surface area contributed by atoms with Gasteiger partial charge in [-0.25, -0.2) is 0 Å². The number of morpholine rings is 1. The zero-order chi connectivity index (χ0) is 18.4. The minimum Gasteiger partial charge on any atom is -0.484 e. The molecule has 1 saturated heterocycles. The minimum atomic E-state index is -0.178. The molecule has 2 heterocycles. The Labute approximate surface area is 170 Å². The summed E-state index contributed by atoms with van der Waals surface area (Å²) in [6, 6.07) is 9.10. The Morgan fingerprint density at radius 3 is 2.78 bits per heavy atom. The van der Waals surface area contributed by atoms with Crippen molar-refractivity contribution in [2.24, 2.45) is 0 Å². The lowest BCUT2D eigenvalue weighted by Crippen LogP contribution is -2.44.